The molecule has 2 rings (SSSR count). The fourth-order valence-corrected chi connectivity index (χ4v) is 3.96. The number of rotatable bonds is 4. The van der Waals surface area contributed by atoms with Gasteiger partial charge in [0.1, 0.15) is 6.04 Å². The van der Waals surface area contributed by atoms with Gasteiger partial charge in [0.25, 0.3) is 0 Å². The van der Waals surface area contributed by atoms with Crippen molar-refractivity contribution in [3.63, 3.8) is 0 Å². The SMILES string of the molecule is C[C@@H](C(=O)N1CCCC1)N(c1cccc(Cl)c1)S(C)(=O)=O. The minimum absolute atomic E-state index is 0.169. The van der Waals surface area contributed by atoms with Crippen LogP contribution < -0.4 is 4.31 Å². The van der Waals surface area contributed by atoms with Gasteiger partial charge in [-0.05, 0) is 38.0 Å². The number of sulfonamides is 1. The van der Waals surface area contributed by atoms with Crippen molar-refractivity contribution in [1.82, 2.24) is 4.90 Å². The Balaban J connectivity index is 2.34. The van der Waals surface area contributed by atoms with Crippen molar-refractivity contribution in [2.75, 3.05) is 23.7 Å². The van der Waals surface area contributed by atoms with Crippen LogP contribution in [0.2, 0.25) is 5.02 Å². The van der Waals surface area contributed by atoms with Gasteiger partial charge < -0.3 is 4.90 Å². The summed E-state index contributed by atoms with van der Waals surface area (Å²) in [6.07, 6.45) is 3.03. The van der Waals surface area contributed by atoms with Gasteiger partial charge in [0.15, 0.2) is 0 Å². The van der Waals surface area contributed by atoms with Crippen LogP contribution in [0.3, 0.4) is 0 Å². The number of likely N-dealkylation sites (tertiary alicyclic amines) is 1. The molecule has 1 atom stereocenters. The van der Waals surface area contributed by atoms with E-state index in [0.717, 1.165) is 23.4 Å². The monoisotopic (exact) mass is 330 g/mol. The van der Waals surface area contributed by atoms with E-state index in [0.29, 0.717) is 23.8 Å². The molecule has 1 fully saturated rings. The molecule has 5 nitrogen and oxygen atoms in total. The van der Waals surface area contributed by atoms with E-state index in [1.54, 1.807) is 36.1 Å². The van der Waals surface area contributed by atoms with E-state index >= 15 is 0 Å². The van der Waals surface area contributed by atoms with Gasteiger partial charge in [-0.1, -0.05) is 17.7 Å². The summed E-state index contributed by atoms with van der Waals surface area (Å²) in [5, 5.41) is 0.432. The smallest absolute Gasteiger partial charge is 0.246 e. The maximum Gasteiger partial charge on any atom is 0.246 e. The Labute approximate surface area is 130 Å². The third kappa shape index (κ3) is 3.68. The second-order valence-corrected chi connectivity index (χ2v) is 7.54. The molecule has 0 aromatic heterocycles. The number of hydrogen-bond acceptors (Lipinski definition) is 3. The van der Waals surface area contributed by atoms with Crippen molar-refractivity contribution >= 4 is 33.2 Å². The molecule has 0 bridgehead atoms. The van der Waals surface area contributed by atoms with E-state index < -0.39 is 16.1 Å². The zero-order valence-electron chi connectivity index (χ0n) is 12.1. The van der Waals surface area contributed by atoms with Gasteiger partial charge in [-0.25, -0.2) is 8.42 Å². The zero-order chi connectivity index (χ0) is 15.6. The summed E-state index contributed by atoms with van der Waals surface area (Å²) in [5.41, 5.74) is 0.407. The second kappa shape index (κ2) is 6.23. The van der Waals surface area contributed by atoms with Crippen LogP contribution in [0.15, 0.2) is 24.3 Å². The first-order valence-corrected chi connectivity index (χ1v) is 9.07. The van der Waals surface area contributed by atoms with E-state index in [1.807, 2.05) is 0 Å². The quantitative estimate of drug-likeness (QED) is 0.849. The highest BCUT2D eigenvalue weighted by Gasteiger charge is 2.32. The lowest BCUT2D eigenvalue weighted by Gasteiger charge is -2.31. The van der Waals surface area contributed by atoms with Gasteiger partial charge >= 0.3 is 0 Å². The highest BCUT2D eigenvalue weighted by molar-refractivity contribution is 7.92. The minimum Gasteiger partial charge on any atom is -0.341 e. The Kier molecular flexibility index (Phi) is 4.78. The maximum absolute atomic E-state index is 12.5. The van der Waals surface area contributed by atoms with Crippen molar-refractivity contribution in [3.8, 4) is 0 Å². The van der Waals surface area contributed by atoms with Crippen LogP contribution >= 0.6 is 11.6 Å². The summed E-state index contributed by atoms with van der Waals surface area (Å²) >= 11 is 5.93. The Morgan fingerprint density at radius 2 is 1.95 bits per heavy atom. The van der Waals surface area contributed by atoms with Crippen LogP contribution in [0.1, 0.15) is 19.8 Å². The number of hydrogen-bond donors (Lipinski definition) is 0. The van der Waals surface area contributed by atoms with Gasteiger partial charge in [-0.2, -0.15) is 0 Å². The standard InChI is InChI=1S/C14H19ClN2O3S/c1-11(14(18)16-8-3-4-9-16)17(21(2,19)20)13-7-5-6-12(15)10-13/h5-7,10-11H,3-4,8-9H2,1-2H3/t11-/m0/s1. The van der Waals surface area contributed by atoms with E-state index in [4.69, 9.17) is 11.6 Å². The molecule has 0 saturated carbocycles. The first kappa shape index (κ1) is 16.1. The van der Waals surface area contributed by atoms with E-state index in [1.165, 1.54) is 0 Å². The van der Waals surface area contributed by atoms with Crippen LogP contribution in [0.4, 0.5) is 5.69 Å². The van der Waals surface area contributed by atoms with Crippen molar-refractivity contribution < 1.29 is 13.2 Å². The summed E-state index contributed by atoms with van der Waals surface area (Å²) in [5.74, 6) is -0.169. The topological polar surface area (TPSA) is 57.7 Å². The number of benzene rings is 1. The van der Waals surface area contributed by atoms with E-state index in [-0.39, 0.29) is 5.91 Å². The molecule has 0 unspecified atom stereocenters. The fourth-order valence-electron chi connectivity index (χ4n) is 2.62. The molecule has 1 aromatic carbocycles. The summed E-state index contributed by atoms with van der Waals surface area (Å²) in [4.78, 5) is 14.2. The van der Waals surface area contributed by atoms with E-state index in [9.17, 15) is 13.2 Å². The predicted molar refractivity (Wildman–Crippen MR) is 84.1 cm³/mol. The number of halogens is 1. The Hall–Kier alpha value is -1.27. The van der Waals surface area contributed by atoms with Crippen molar-refractivity contribution in [3.05, 3.63) is 29.3 Å². The number of carbonyl (C=O) groups is 1. The lowest BCUT2D eigenvalue weighted by molar-refractivity contribution is -0.130. The van der Waals surface area contributed by atoms with Gasteiger partial charge in [-0.15, -0.1) is 0 Å². The fraction of sp³-hybridized carbons (Fsp3) is 0.500. The molecule has 1 saturated heterocycles. The molecule has 7 heteroatoms. The Morgan fingerprint density at radius 1 is 1.33 bits per heavy atom. The average Bonchev–Trinajstić information content (AvgIpc) is 2.90. The first-order chi connectivity index (χ1) is 9.80. The molecule has 0 radical (unpaired) electrons. The number of carbonyl (C=O) groups excluding carboxylic acids is 1. The van der Waals surface area contributed by atoms with Crippen LogP contribution in [-0.4, -0.2) is 44.6 Å². The molecule has 1 heterocycles. The van der Waals surface area contributed by atoms with Crippen molar-refractivity contribution in [2.24, 2.45) is 0 Å². The molecule has 1 aliphatic rings. The first-order valence-electron chi connectivity index (χ1n) is 6.84. The number of amides is 1. The molecular formula is C14H19ClN2O3S. The highest BCUT2D eigenvalue weighted by atomic mass is 35.5. The summed E-state index contributed by atoms with van der Waals surface area (Å²) in [6, 6.07) is 5.75. The van der Waals surface area contributed by atoms with Crippen LogP contribution in [-0.2, 0) is 14.8 Å². The normalized spacial score (nSPS) is 16.8. The van der Waals surface area contributed by atoms with Gasteiger partial charge in [0.2, 0.25) is 15.9 Å². The molecule has 0 N–H and O–H groups in total. The van der Waals surface area contributed by atoms with Crippen LogP contribution in [0.5, 0.6) is 0 Å². The lowest BCUT2D eigenvalue weighted by Crippen LogP contribution is -2.48. The van der Waals surface area contributed by atoms with Crippen molar-refractivity contribution in [2.45, 2.75) is 25.8 Å². The molecule has 0 aliphatic carbocycles. The molecule has 1 aliphatic heterocycles. The lowest BCUT2D eigenvalue weighted by atomic mass is 10.2. The molecular weight excluding hydrogens is 312 g/mol. The Morgan fingerprint density at radius 3 is 2.48 bits per heavy atom. The largest absolute Gasteiger partial charge is 0.341 e. The number of anilines is 1. The van der Waals surface area contributed by atoms with Gasteiger partial charge in [0.05, 0.1) is 11.9 Å². The van der Waals surface area contributed by atoms with Gasteiger partial charge in [-0.3, -0.25) is 9.10 Å². The van der Waals surface area contributed by atoms with Crippen LogP contribution in [0, 0.1) is 0 Å². The maximum atomic E-state index is 12.5. The predicted octanol–water partition coefficient (Wildman–Crippen LogP) is 2.12. The second-order valence-electron chi connectivity index (χ2n) is 5.25. The molecule has 21 heavy (non-hydrogen) atoms. The van der Waals surface area contributed by atoms with Crippen molar-refractivity contribution in [1.29, 1.82) is 0 Å². The molecule has 1 amide bonds. The molecule has 0 spiro atoms. The number of nitrogens with zero attached hydrogens (tertiary/aromatic N) is 2. The third-order valence-corrected chi connectivity index (χ3v) is 5.02. The summed E-state index contributed by atoms with van der Waals surface area (Å²) < 4.78 is 25.4. The van der Waals surface area contributed by atoms with Gasteiger partial charge in [0, 0.05) is 18.1 Å². The third-order valence-electron chi connectivity index (χ3n) is 3.55. The Bertz CT molecular complexity index is 627. The van der Waals surface area contributed by atoms with Crippen LogP contribution in [0.25, 0.3) is 0 Å². The minimum atomic E-state index is -3.58. The summed E-state index contributed by atoms with van der Waals surface area (Å²) in [6.45, 7) is 3.00. The van der Waals surface area contributed by atoms with E-state index in [2.05, 4.69) is 0 Å². The molecule has 1 aromatic rings. The average molecular weight is 331 g/mol. The summed E-state index contributed by atoms with van der Waals surface area (Å²) in [7, 11) is -3.58. The molecule has 116 valence electrons. The zero-order valence-corrected chi connectivity index (χ0v) is 13.7. The highest BCUT2D eigenvalue weighted by Crippen LogP contribution is 2.25.